The van der Waals surface area contributed by atoms with E-state index in [1.807, 2.05) is 23.9 Å². The van der Waals surface area contributed by atoms with E-state index in [1.54, 1.807) is 46.4 Å². The van der Waals surface area contributed by atoms with Crippen LogP contribution in [0, 0.1) is 0 Å². The highest BCUT2D eigenvalue weighted by atomic mass is 35.5. The number of anilines is 3. The van der Waals surface area contributed by atoms with Crippen LogP contribution in [0.1, 0.15) is 47.1 Å². The molecule has 48 heavy (non-hydrogen) atoms. The maximum atomic E-state index is 14.1. The minimum absolute atomic E-state index is 0.0203. The number of fused-ring (bicyclic) bond motifs is 1. The number of hydrogen-bond donors (Lipinski definition) is 1. The molecular weight excluding hydrogens is 653 g/mol. The first kappa shape index (κ1) is 36.7. The average Bonchev–Trinajstić information content (AvgIpc) is 2.94. The summed E-state index contributed by atoms with van der Waals surface area (Å²) in [5.41, 5.74) is 2.99. The van der Waals surface area contributed by atoms with Crippen LogP contribution in [0.3, 0.4) is 0 Å². The number of carbonyl (C=O) groups excluding carboxylic acids is 2. The molecule has 1 fully saturated rings. The summed E-state index contributed by atoms with van der Waals surface area (Å²) in [6.45, 7) is 12.4. The minimum Gasteiger partial charge on any atom is -0.444 e. The molecule has 2 N–H and O–H groups in total. The number of halogens is 4. The lowest BCUT2D eigenvalue weighted by Crippen LogP contribution is -2.50. The molecule has 1 aliphatic rings. The molecule has 2 aromatic heterocycles. The summed E-state index contributed by atoms with van der Waals surface area (Å²) in [4.78, 5) is 46.4. The Kier molecular flexibility index (Phi) is 10.5. The van der Waals surface area contributed by atoms with Crippen molar-refractivity contribution in [3.63, 3.8) is 0 Å². The summed E-state index contributed by atoms with van der Waals surface area (Å²) in [5, 5.41) is 0.389. The van der Waals surface area contributed by atoms with E-state index >= 15 is 0 Å². The molecule has 1 aliphatic heterocycles. The van der Waals surface area contributed by atoms with Crippen LogP contribution in [-0.4, -0.2) is 102 Å². The summed E-state index contributed by atoms with van der Waals surface area (Å²) in [5.74, 6) is 0.233. The van der Waals surface area contributed by atoms with Crippen LogP contribution in [0.15, 0.2) is 24.3 Å². The largest absolute Gasteiger partial charge is 0.444 e. The number of carbonyl (C=O) groups is 2. The van der Waals surface area contributed by atoms with Gasteiger partial charge in [0, 0.05) is 50.2 Å². The molecule has 262 valence electrons. The van der Waals surface area contributed by atoms with Gasteiger partial charge < -0.3 is 29.9 Å². The standard InChI is InChI=1S/C32H42ClF3N8O4/c1-30(2,3)47-28(45)43-14-12-42(13-15-43)26-20-17-22(33)19(25-21(32(34,35)36)9-10-24(37)39-25)18-23(20)38-27(40-26)44(16-11-41(7)8)29(46)48-31(4,5)6/h9-10,17-18H,11-16H2,1-8H3,(H2,37,39). The molecule has 0 spiro atoms. The molecule has 3 heterocycles. The Hall–Kier alpha value is -4.11. The van der Waals surface area contributed by atoms with Gasteiger partial charge in [-0.15, -0.1) is 0 Å². The van der Waals surface area contributed by atoms with Crippen LogP contribution >= 0.6 is 11.6 Å². The fourth-order valence-electron chi connectivity index (χ4n) is 4.89. The summed E-state index contributed by atoms with van der Waals surface area (Å²) >= 11 is 6.68. The van der Waals surface area contributed by atoms with Crippen LogP contribution < -0.4 is 15.5 Å². The molecule has 0 atom stereocenters. The van der Waals surface area contributed by atoms with Crippen LogP contribution in [0.25, 0.3) is 22.2 Å². The number of aromatic nitrogens is 3. The fourth-order valence-corrected chi connectivity index (χ4v) is 5.14. The van der Waals surface area contributed by atoms with Gasteiger partial charge in [0.25, 0.3) is 0 Å². The van der Waals surface area contributed by atoms with Crippen molar-refractivity contribution >= 4 is 52.3 Å². The molecule has 1 aromatic carbocycles. The molecule has 0 aliphatic carbocycles. The number of amides is 2. The first-order chi connectivity index (χ1) is 22.1. The molecule has 2 amide bonds. The molecular formula is C32H42ClF3N8O4. The Balaban J connectivity index is 1.89. The zero-order chi connectivity index (χ0) is 35.8. The molecule has 0 radical (unpaired) electrons. The van der Waals surface area contributed by atoms with Crippen LogP contribution in [0.4, 0.5) is 40.3 Å². The number of nitrogens with two attached hydrogens (primary N) is 1. The van der Waals surface area contributed by atoms with Gasteiger partial charge in [0.1, 0.15) is 22.8 Å². The Bertz CT molecular complexity index is 1670. The first-order valence-corrected chi connectivity index (χ1v) is 15.7. The summed E-state index contributed by atoms with van der Waals surface area (Å²) < 4.78 is 53.5. The van der Waals surface area contributed by atoms with Gasteiger partial charge in [-0.1, -0.05) is 11.6 Å². The molecule has 0 saturated carbocycles. The van der Waals surface area contributed by atoms with E-state index in [0.717, 1.165) is 12.1 Å². The zero-order valence-electron chi connectivity index (χ0n) is 28.4. The number of rotatable bonds is 6. The van der Waals surface area contributed by atoms with Gasteiger partial charge in [-0.2, -0.15) is 18.2 Å². The van der Waals surface area contributed by atoms with Gasteiger partial charge in [0.15, 0.2) is 0 Å². The lowest BCUT2D eigenvalue weighted by Gasteiger charge is -2.37. The second-order valence-electron chi connectivity index (χ2n) is 13.7. The Morgan fingerprint density at radius 3 is 2.10 bits per heavy atom. The van der Waals surface area contributed by atoms with E-state index in [2.05, 4.69) is 9.97 Å². The first-order valence-electron chi connectivity index (χ1n) is 15.4. The van der Waals surface area contributed by atoms with Crippen LogP contribution in [0.5, 0.6) is 0 Å². The molecule has 0 unspecified atom stereocenters. The van der Waals surface area contributed by atoms with Gasteiger partial charge in [0.2, 0.25) is 5.95 Å². The SMILES string of the molecule is CN(C)CCN(C(=O)OC(C)(C)C)c1nc(N2CCN(C(=O)OC(C)(C)C)CC2)c2cc(Cl)c(-c3nc(N)ccc3C(F)(F)F)cc2n1. The van der Waals surface area contributed by atoms with E-state index in [9.17, 15) is 22.8 Å². The van der Waals surface area contributed by atoms with E-state index in [1.165, 1.54) is 17.0 Å². The lowest BCUT2D eigenvalue weighted by atomic mass is 10.0. The number of likely N-dealkylation sites (N-methyl/N-ethyl adjacent to an activating group) is 1. The third-order valence-electron chi connectivity index (χ3n) is 7.09. The van der Waals surface area contributed by atoms with Crippen molar-refractivity contribution in [2.75, 3.05) is 68.9 Å². The highest BCUT2D eigenvalue weighted by Crippen LogP contribution is 2.41. The molecule has 1 saturated heterocycles. The van der Waals surface area contributed by atoms with E-state index < -0.39 is 40.8 Å². The number of nitrogen functional groups attached to an aromatic ring is 1. The van der Waals surface area contributed by atoms with E-state index in [4.69, 9.17) is 31.8 Å². The predicted molar refractivity (Wildman–Crippen MR) is 179 cm³/mol. The number of hydrogen-bond acceptors (Lipinski definition) is 10. The summed E-state index contributed by atoms with van der Waals surface area (Å²) in [6.07, 6.45) is -5.89. The number of nitrogens with zero attached hydrogens (tertiary/aromatic N) is 7. The number of ether oxygens (including phenoxy) is 2. The van der Waals surface area contributed by atoms with Crippen molar-refractivity contribution in [1.29, 1.82) is 0 Å². The Labute approximate surface area is 282 Å². The molecule has 12 nitrogen and oxygen atoms in total. The molecule has 16 heteroatoms. The number of benzene rings is 1. The number of alkyl halides is 3. The summed E-state index contributed by atoms with van der Waals surface area (Å²) in [6, 6.07) is 4.79. The van der Waals surface area contributed by atoms with Crippen molar-refractivity contribution < 1.29 is 32.2 Å². The third kappa shape index (κ3) is 9.07. The lowest BCUT2D eigenvalue weighted by molar-refractivity contribution is -0.137. The van der Waals surface area contributed by atoms with Gasteiger partial charge in [-0.05, 0) is 79.9 Å². The molecule has 3 aromatic rings. The van der Waals surface area contributed by atoms with Gasteiger partial charge in [0.05, 0.1) is 21.8 Å². The van der Waals surface area contributed by atoms with Crippen molar-refractivity contribution in [3.05, 3.63) is 34.9 Å². The number of piperazine rings is 1. The predicted octanol–water partition coefficient (Wildman–Crippen LogP) is 6.31. The highest BCUT2D eigenvalue weighted by Gasteiger charge is 2.36. The third-order valence-corrected chi connectivity index (χ3v) is 7.40. The van der Waals surface area contributed by atoms with Gasteiger partial charge >= 0.3 is 18.4 Å². The zero-order valence-corrected chi connectivity index (χ0v) is 29.2. The Morgan fingerprint density at radius 1 is 0.917 bits per heavy atom. The van der Waals surface area contributed by atoms with Crippen LogP contribution in [-0.2, 0) is 15.7 Å². The summed E-state index contributed by atoms with van der Waals surface area (Å²) in [7, 11) is 3.68. The normalized spacial score (nSPS) is 14.4. The molecule has 0 bridgehead atoms. The second kappa shape index (κ2) is 13.8. The molecule has 4 rings (SSSR count). The average molecular weight is 695 g/mol. The van der Waals surface area contributed by atoms with Gasteiger partial charge in [-0.3, -0.25) is 0 Å². The quantitative estimate of drug-likeness (QED) is 0.314. The second-order valence-corrected chi connectivity index (χ2v) is 14.1. The maximum absolute atomic E-state index is 14.1. The topological polar surface area (TPSA) is 130 Å². The van der Waals surface area contributed by atoms with Crippen LogP contribution in [0.2, 0.25) is 5.02 Å². The van der Waals surface area contributed by atoms with Crippen molar-refractivity contribution in [2.24, 2.45) is 0 Å². The maximum Gasteiger partial charge on any atom is 0.418 e. The van der Waals surface area contributed by atoms with Gasteiger partial charge in [-0.25, -0.2) is 24.5 Å². The van der Waals surface area contributed by atoms with Crippen molar-refractivity contribution in [1.82, 2.24) is 24.8 Å². The highest BCUT2D eigenvalue weighted by molar-refractivity contribution is 6.34. The van der Waals surface area contributed by atoms with Crippen molar-refractivity contribution in [3.8, 4) is 11.3 Å². The smallest absolute Gasteiger partial charge is 0.418 e. The van der Waals surface area contributed by atoms with E-state index in [-0.39, 0.29) is 34.4 Å². The monoisotopic (exact) mass is 694 g/mol. The minimum atomic E-state index is -4.75. The van der Waals surface area contributed by atoms with Crippen molar-refractivity contribution in [2.45, 2.75) is 58.9 Å². The number of pyridine rings is 1. The fraction of sp³-hybridized carbons (Fsp3) is 0.531. The Morgan fingerprint density at radius 2 is 1.54 bits per heavy atom. The van der Waals surface area contributed by atoms with E-state index in [0.29, 0.717) is 43.9 Å².